The first-order valence-corrected chi connectivity index (χ1v) is 11.2. The van der Waals surface area contributed by atoms with Gasteiger partial charge in [0.25, 0.3) is 6.02 Å². The summed E-state index contributed by atoms with van der Waals surface area (Å²) >= 11 is 0. The van der Waals surface area contributed by atoms with Gasteiger partial charge in [0.2, 0.25) is 0 Å². The lowest BCUT2D eigenvalue weighted by atomic mass is 9.73. The van der Waals surface area contributed by atoms with E-state index in [1.807, 2.05) is 0 Å². The normalized spacial score (nSPS) is 31.3. The molecular weight excluding hydrogens is 358 g/mol. The molecule has 2 fully saturated rings. The highest BCUT2D eigenvalue weighted by molar-refractivity contribution is 5.78. The third-order valence-corrected chi connectivity index (χ3v) is 7.47. The highest BCUT2D eigenvalue weighted by atomic mass is 16.5. The van der Waals surface area contributed by atoms with Crippen LogP contribution in [0.5, 0.6) is 0 Å². The lowest BCUT2D eigenvalue weighted by molar-refractivity contribution is 0.0255. The van der Waals surface area contributed by atoms with E-state index in [0.29, 0.717) is 12.0 Å². The Morgan fingerprint density at radius 3 is 2.62 bits per heavy atom. The van der Waals surface area contributed by atoms with Gasteiger partial charge >= 0.3 is 0 Å². The van der Waals surface area contributed by atoms with Gasteiger partial charge in [-0.15, -0.1) is 0 Å². The Morgan fingerprint density at radius 2 is 1.86 bits per heavy atom. The van der Waals surface area contributed by atoms with Crippen molar-refractivity contribution >= 4 is 6.02 Å². The van der Waals surface area contributed by atoms with Gasteiger partial charge in [-0.1, -0.05) is 61.0 Å². The summed E-state index contributed by atoms with van der Waals surface area (Å²) in [5, 5.41) is 3.55. The molecule has 4 nitrogen and oxygen atoms in total. The molecule has 150 valence electrons. The van der Waals surface area contributed by atoms with Crippen molar-refractivity contribution < 1.29 is 4.74 Å². The van der Waals surface area contributed by atoms with Crippen molar-refractivity contribution in [2.45, 2.75) is 49.8 Å². The van der Waals surface area contributed by atoms with Gasteiger partial charge < -0.3 is 15.0 Å². The van der Waals surface area contributed by atoms with Gasteiger partial charge in [0.05, 0.1) is 12.1 Å². The number of nitrogens with zero attached hydrogens (tertiary/aromatic N) is 2. The molecule has 1 saturated heterocycles. The first kappa shape index (κ1) is 17.5. The van der Waals surface area contributed by atoms with Crippen molar-refractivity contribution in [2.75, 3.05) is 19.6 Å². The van der Waals surface area contributed by atoms with E-state index in [1.54, 1.807) is 0 Å². The number of ether oxygens (including phenoxy) is 1. The fraction of sp³-hybridized carbons (Fsp3) is 0.480. The maximum Gasteiger partial charge on any atom is 0.289 e. The van der Waals surface area contributed by atoms with Crippen LogP contribution in [0.25, 0.3) is 0 Å². The summed E-state index contributed by atoms with van der Waals surface area (Å²) < 4.78 is 6.80. The number of amidine groups is 1. The highest BCUT2D eigenvalue weighted by Gasteiger charge is 2.54. The number of nitrogens with one attached hydrogen (secondary N) is 1. The number of hydrogen-bond donors (Lipinski definition) is 1. The molecule has 1 unspecified atom stereocenters. The van der Waals surface area contributed by atoms with Crippen molar-refractivity contribution in [3.8, 4) is 0 Å². The maximum atomic E-state index is 6.80. The van der Waals surface area contributed by atoms with Crippen LogP contribution in [0, 0.1) is 5.92 Å². The molecule has 3 atom stereocenters. The SMILES string of the molecule is c1ccc([C@H]2c3ccccc3CCN2C2=NC(C3CCC3)[C@]3(CCNC3)O2)cc1. The van der Waals surface area contributed by atoms with E-state index >= 15 is 0 Å². The van der Waals surface area contributed by atoms with Crippen molar-refractivity contribution in [1.29, 1.82) is 0 Å². The number of aliphatic imine (C=N–C) groups is 1. The van der Waals surface area contributed by atoms with E-state index in [0.717, 1.165) is 38.5 Å². The minimum atomic E-state index is -0.126. The molecule has 4 aliphatic rings. The fourth-order valence-corrected chi connectivity index (χ4v) is 5.72. The largest absolute Gasteiger partial charge is 0.455 e. The van der Waals surface area contributed by atoms with Crippen LogP contribution in [-0.2, 0) is 11.2 Å². The van der Waals surface area contributed by atoms with Crippen LogP contribution in [-0.4, -0.2) is 42.2 Å². The zero-order valence-electron chi connectivity index (χ0n) is 16.9. The number of fused-ring (bicyclic) bond motifs is 1. The first-order chi connectivity index (χ1) is 14.3. The van der Waals surface area contributed by atoms with E-state index in [2.05, 4.69) is 64.8 Å². The molecule has 0 aromatic heterocycles. The Hall–Kier alpha value is -2.33. The predicted molar refractivity (Wildman–Crippen MR) is 115 cm³/mol. The van der Waals surface area contributed by atoms with Crippen LogP contribution in [0.3, 0.4) is 0 Å². The van der Waals surface area contributed by atoms with Gasteiger partial charge in [0.15, 0.2) is 0 Å². The van der Waals surface area contributed by atoms with Gasteiger partial charge in [-0.2, -0.15) is 0 Å². The summed E-state index contributed by atoms with van der Waals surface area (Å²) in [6.07, 6.45) is 6.07. The molecule has 4 heteroatoms. The van der Waals surface area contributed by atoms with E-state index in [9.17, 15) is 0 Å². The van der Waals surface area contributed by atoms with Crippen LogP contribution in [0.4, 0.5) is 0 Å². The van der Waals surface area contributed by atoms with Crippen molar-refractivity contribution in [3.05, 3.63) is 71.3 Å². The Bertz CT molecular complexity index is 915. The molecule has 29 heavy (non-hydrogen) atoms. The summed E-state index contributed by atoms with van der Waals surface area (Å²) in [6, 6.07) is 21.1. The van der Waals surface area contributed by atoms with Crippen molar-refractivity contribution in [1.82, 2.24) is 10.2 Å². The Kier molecular flexibility index (Phi) is 4.15. The third-order valence-electron chi connectivity index (χ3n) is 7.47. The predicted octanol–water partition coefficient (Wildman–Crippen LogP) is 3.92. The summed E-state index contributed by atoms with van der Waals surface area (Å²) in [6.45, 7) is 2.93. The lowest BCUT2D eigenvalue weighted by Crippen LogP contribution is -2.49. The molecule has 1 spiro atoms. The zero-order valence-corrected chi connectivity index (χ0v) is 16.9. The summed E-state index contributed by atoms with van der Waals surface area (Å²) in [5.74, 6) is 0.694. The number of rotatable bonds is 2. The number of benzene rings is 2. The third kappa shape index (κ3) is 2.80. The Labute approximate surface area is 173 Å². The van der Waals surface area contributed by atoms with Gasteiger partial charge in [-0.3, -0.25) is 0 Å². The second-order valence-corrected chi connectivity index (χ2v) is 9.10. The summed E-state index contributed by atoms with van der Waals surface area (Å²) in [7, 11) is 0. The molecule has 0 radical (unpaired) electrons. The molecule has 2 aromatic rings. The fourth-order valence-electron chi connectivity index (χ4n) is 5.72. The molecule has 3 aliphatic heterocycles. The standard InChI is InChI=1S/C25H29N3O/c1-2-8-19(9-3-1)22-21-12-5-4-7-18(21)13-16-28(22)24-27-23(20-10-6-11-20)25(29-24)14-15-26-17-25/h1-5,7-9,12,20,22-23,26H,6,10-11,13-17H2/t22-,23?,25+/m0/s1. The van der Waals surface area contributed by atoms with Crippen LogP contribution in [0.15, 0.2) is 59.6 Å². The Morgan fingerprint density at radius 1 is 1.03 bits per heavy atom. The van der Waals surface area contributed by atoms with Gasteiger partial charge in [-0.05, 0) is 48.4 Å². The number of hydrogen-bond acceptors (Lipinski definition) is 4. The molecule has 1 aliphatic carbocycles. The van der Waals surface area contributed by atoms with E-state index in [-0.39, 0.29) is 11.6 Å². The lowest BCUT2D eigenvalue weighted by Gasteiger charge is -2.40. The smallest absolute Gasteiger partial charge is 0.289 e. The van der Waals surface area contributed by atoms with Crippen LogP contribution >= 0.6 is 0 Å². The van der Waals surface area contributed by atoms with Crippen molar-refractivity contribution in [2.24, 2.45) is 10.9 Å². The molecular formula is C25H29N3O. The van der Waals surface area contributed by atoms with Crippen LogP contribution in [0.2, 0.25) is 0 Å². The van der Waals surface area contributed by atoms with Gasteiger partial charge in [0, 0.05) is 19.5 Å². The maximum absolute atomic E-state index is 6.80. The summed E-state index contributed by atoms with van der Waals surface area (Å²) in [5.41, 5.74) is 4.03. The second-order valence-electron chi connectivity index (χ2n) is 9.10. The minimum Gasteiger partial charge on any atom is -0.455 e. The van der Waals surface area contributed by atoms with Gasteiger partial charge in [-0.25, -0.2) is 4.99 Å². The van der Waals surface area contributed by atoms with E-state index < -0.39 is 0 Å². The Balaban J connectivity index is 1.40. The molecule has 1 saturated carbocycles. The van der Waals surface area contributed by atoms with Gasteiger partial charge in [0.1, 0.15) is 5.60 Å². The average Bonchev–Trinajstić information content (AvgIpc) is 3.35. The molecule has 3 heterocycles. The first-order valence-electron chi connectivity index (χ1n) is 11.2. The summed E-state index contributed by atoms with van der Waals surface area (Å²) in [4.78, 5) is 7.74. The topological polar surface area (TPSA) is 36.9 Å². The van der Waals surface area contributed by atoms with E-state index in [4.69, 9.17) is 9.73 Å². The van der Waals surface area contributed by atoms with Crippen molar-refractivity contribution in [3.63, 3.8) is 0 Å². The molecule has 0 amide bonds. The van der Waals surface area contributed by atoms with Crippen LogP contribution in [0.1, 0.15) is 48.4 Å². The molecule has 1 N–H and O–H groups in total. The average molecular weight is 388 g/mol. The minimum absolute atomic E-state index is 0.126. The molecule has 0 bridgehead atoms. The highest BCUT2D eigenvalue weighted by Crippen LogP contribution is 2.45. The molecule has 2 aromatic carbocycles. The second kappa shape index (κ2) is 6.88. The quantitative estimate of drug-likeness (QED) is 0.849. The zero-order chi connectivity index (χ0) is 19.3. The van der Waals surface area contributed by atoms with E-state index in [1.165, 1.54) is 36.0 Å². The molecule has 6 rings (SSSR count). The van der Waals surface area contributed by atoms with Crippen LogP contribution < -0.4 is 5.32 Å². The monoisotopic (exact) mass is 387 g/mol.